The summed E-state index contributed by atoms with van der Waals surface area (Å²) < 4.78 is 1.78. The zero-order chi connectivity index (χ0) is 16.4. The molecular formula is C19H16N4O. The number of benzene rings is 2. The van der Waals surface area contributed by atoms with Crippen LogP contribution >= 0.6 is 0 Å². The minimum atomic E-state index is -0.0172. The molecule has 0 aliphatic heterocycles. The molecule has 0 bridgehead atoms. The van der Waals surface area contributed by atoms with Gasteiger partial charge in [0.2, 0.25) is 0 Å². The quantitative estimate of drug-likeness (QED) is 0.591. The highest BCUT2D eigenvalue weighted by Gasteiger charge is 2.08. The highest BCUT2D eigenvalue weighted by Crippen LogP contribution is 2.18. The average molecular weight is 316 g/mol. The summed E-state index contributed by atoms with van der Waals surface area (Å²) in [5.41, 5.74) is 2.96. The Labute approximate surface area is 138 Å². The molecule has 0 saturated heterocycles. The van der Waals surface area contributed by atoms with Gasteiger partial charge in [0.15, 0.2) is 11.1 Å². The predicted octanol–water partition coefficient (Wildman–Crippen LogP) is 2.44. The standard InChI is InChI=1S/C19H16N4O/c24-13-11-20-18-17(15-7-2-1-3-8-15)22-23-12-10-14-6-4-5-9-16(14)19(23)21-18/h1-10,12,24H,11,13H2. The first-order valence-electron chi connectivity index (χ1n) is 7.82. The molecule has 2 aromatic heterocycles. The Morgan fingerprint density at radius 3 is 2.58 bits per heavy atom. The normalized spacial score (nSPS) is 12.1. The lowest BCUT2D eigenvalue weighted by molar-refractivity contribution is 0.305. The van der Waals surface area contributed by atoms with Crippen LogP contribution in [0.5, 0.6) is 0 Å². The first-order valence-corrected chi connectivity index (χ1v) is 7.82. The van der Waals surface area contributed by atoms with Gasteiger partial charge >= 0.3 is 0 Å². The number of aromatic nitrogens is 3. The maximum absolute atomic E-state index is 9.13. The second kappa shape index (κ2) is 6.22. The number of fused-ring (bicyclic) bond motifs is 3. The Balaban J connectivity index is 2.07. The molecule has 2 aromatic carbocycles. The van der Waals surface area contributed by atoms with Gasteiger partial charge in [0.25, 0.3) is 0 Å². The van der Waals surface area contributed by atoms with Crippen LogP contribution < -0.4 is 5.49 Å². The van der Waals surface area contributed by atoms with E-state index in [1.165, 1.54) is 0 Å². The fraction of sp³-hybridized carbons (Fsp3) is 0.105. The number of pyridine rings is 1. The topological polar surface area (TPSA) is 62.8 Å². The van der Waals surface area contributed by atoms with Gasteiger partial charge in [-0.15, -0.1) is 0 Å². The first kappa shape index (κ1) is 14.5. The third-order valence-electron chi connectivity index (χ3n) is 3.85. The molecule has 0 amide bonds. The van der Waals surface area contributed by atoms with Crippen molar-refractivity contribution < 1.29 is 5.11 Å². The number of aliphatic hydroxyl groups excluding tert-OH is 1. The Kier molecular flexibility index (Phi) is 3.76. The van der Waals surface area contributed by atoms with Crippen molar-refractivity contribution in [1.82, 2.24) is 14.6 Å². The lowest BCUT2D eigenvalue weighted by Gasteiger charge is -2.08. The van der Waals surface area contributed by atoms with Gasteiger partial charge in [0.05, 0.1) is 13.2 Å². The van der Waals surface area contributed by atoms with Crippen molar-refractivity contribution in [3.8, 4) is 11.3 Å². The minimum Gasteiger partial charge on any atom is -0.394 e. The van der Waals surface area contributed by atoms with Gasteiger partial charge in [-0.25, -0.2) is 9.50 Å². The summed E-state index contributed by atoms with van der Waals surface area (Å²) in [4.78, 5) is 9.16. The van der Waals surface area contributed by atoms with Gasteiger partial charge < -0.3 is 5.11 Å². The SMILES string of the molecule is OCCN=c1nc2c3ccccc3ccn2nc1-c1ccccc1. The van der Waals surface area contributed by atoms with Crippen LogP contribution in [0.2, 0.25) is 0 Å². The maximum Gasteiger partial charge on any atom is 0.178 e. The van der Waals surface area contributed by atoms with Gasteiger partial charge in [-0.3, -0.25) is 4.99 Å². The molecule has 5 nitrogen and oxygen atoms in total. The molecule has 1 N–H and O–H groups in total. The number of hydrogen-bond donors (Lipinski definition) is 1. The molecule has 0 radical (unpaired) electrons. The lowest BCUT2D eigenvalue weighted by Crippen LogP contribution is -2.19. The molecule has 4 rings (SSSR count). The summed E-state index contributed by atoms with van der Waals surface area (Å²) in [5.74, 6) is 0. The van der Waals surface area contributed by atoms with Crippen LogP contribution in [0.1, 0.15) is 0 Å². The van der Waals surface area contributed by atoms with Crippen molar-refractivity contribution in [2.45, 2.75) is 0 Å². The van der Waals surface area contributed by atoms with E-state index in [1.807, 2.05) is 66.9 Å². The number of rotatable bonds is 3. The van der Waals surface area contributed by atoms with Gasteiger partial charge in [-0.1, -0.05) is 54.6 Å². The molecule has 2 heterocycles. The third kappa shape index (κ3) is 2.55. The van der Waals surface area contributed by atoms with Crippen molar-refractivity contribution >= 4 is 16.4 Å². The van der Waals surface area contributed by atoms with Crippen LogP contribution in [0.15, 0.2) is 71.9 Å². The fourth-order valence-corrected chi connectivity index (χ4v) is 2.74. The monoisotopic (exact) mass is 316 g/mol. The molecule has 0 spiro atoms. The van der Waals surface area contributed by atoms with Crippen LogP contribution in [0, 0.1) is 0 Å². The van der Waals surface area contributed by atoms with E-state index in [-0.39, 0.29) is 6.61 Å². The van der Waals surface area contributed by atoms with E-state index in [1.54, 1.807) is 4.52 Å². The summed E-state index contributed by atoms with van der Waals surface area (Å²) >= 11 is 0. The Hall–Kier alpha value is -3.05. The van der Waals surface area contributed by atoms with Crippen molar-refractivity contribution in [3.05, 3.63) is 72.3 Å². The molecule has 118 valence electrons. The summed E-state index contributed by atoms with van der Waals surface area (Å²) in [6.07, 6.45) is 1.91. The first-order chi connectivity index (χ1) is 11.9. The van der Waals surface area contributed by atoms with E-state index < -0.39 is 0 Å². The number of nitrogens with zero attached hydrogens (tertiary/aromatic N) is 4. The third-order valence-corrected chi connectivity index (χ3v) is 3.85. The fourth-order valence-electron chi connectivity index (χ4n) is 2.74. The largest absolute Gasteiger partial charge is 0.394 e. The van der Waals surface area contributed by atoms with Crippen molar-refractivity contribution in [2.24, 2.45) is 4.99 Å². The molecule has 0 saturated carbocycles. The van der Waals surface area contributed by atoms with E-state index in [9.17, 15) is 0 Å². The summed E-state index contributed by atoms with van der Waals surface area (Å²) in [6, 6.07) is 19.9. The van der Waals surface area contributed by atoms with Crippen LogP contribution in [0.25, 0.3) is 27.7 Å². The summed E-state index contributed by atoms with van der Waals surface area (Å²) in [6.45, 7) is 0.284. The second-order valence-corrected chi connectivity index (χ2v) is 5.43. The molecule has 0 unspecified atom stereocenters. The Morgan fingerprint density at radius 2 is 1.75 bits per heavy atom. The second-order valence-electron chi connectivity index (χ2n) is 5.43. The van der Waals surface area contributed by atoms with Gasteiger partial charge in [0, 0.05) is 17.1 Å². The summed E-state index contributed by atoms with van der Waals surface area (Å²) in [7, 11) is 0. The predicted molar refractivity (Wildman–Crippen MR) is 93.4 cm³/mol. The molecule has 5 heteroatoms. The maximum atomic E-state index is 9.13. The summed E-state index contributed by atoms with van der Waals surface area (Å²) in [5, 5.41) is 16.0. The van der Waals surface area contributed by atoms with E-state index in [0.717, 1.165) is 22.0 Å². The molecule has 0 atom stereocenters. The molecule has 0 aliphatic rings. The lowest BCUT2D eigenvalue weighted by atomic mass is 10.1. The van der Waals surface area contributed by atoms with Crippen LogP contribution in [-0.2, 0) is 0 Å². The molecule has 0 aliphatic carbocycles. The van der Waals surface area contributed by atoms with E-state index in [2.05, 4.69) is 4.99 Å². The van der Waals surface area contributed by atoms with Crippen molar-refractivity contribution in [1.29, 1.82) is 0 Å². The van der Waals surface area contributed by atoms with Gasteiger partial charge in [-0.2, -0.15) is 5.10 Å². The minimum absolute atomic E-state index is 0.0172. The van der Waals surface area contributed by atoms with E-state index >= 15 is 0 Å². The van der Waals surface area contributed by atoms with Crippen molar-refractivity contribution in [3.63, 3.8) is 0 Å². The molecule has 4 aromatic rings. The molecular weight excluding hydrogens is 300 g/mol. The number of aliphatic hydroxyl groups is 1. The molecule has 24 heavy (non-hydrogen) atoms. The average Bonchev–Trinajstić information content (AvgIpc) is 2.66. The molecule has 0 fully saturated rings. The smallest absolute Gasteiger partial charge is 0.178 e. The van der Waals surface area contributed by atoms with Crippen molar-refractivity contribution in [2.75, 3.05) is 13.2 Å². The van der Waals surface area contributed by atoms with Gasteiger partial charge in [-0.05, 0) is 11.5 Å². The van der Waals surface area contributed by atoms with E-state index in [0.29, 0.717) is 17.7 Å². The van der Waals surface area contributed by atoms with Crippen LogP contribution in [0.4, 0.5) is 0 Å². The van der Waals surface area contributed by atoms with Crippen LogP contribution in [0.3, 0.4) is 0 Å². The highest BCUT2D eigenvalue weighted by molar-refractivity contribution is 5.93. The van der Waals surface area contributed by atoms with Gasteiger partial charge in [0.1, 0.15) is 5.69 Å². The van der Waals surface area contributed by atoms with Crippen LogP contribution in [-0.4, -0.2) is 32.9 Å². The zero-order valence-corrected chi connectivity index (χ0v) is 13.0. The highest BCUT2D eigenvalue weighted by atomic mass is 16.3. The Bertz CT molecular complexity index is 1070. The zero-order valence-electron chi connectivity index (χ0n) is 13.0. The van der Waals surface area contributed by atoms with E-state index in [4.69, 9.17) is 15.2 Å². The Morgan fingerprint density at radius 1 is 0.958 bits per heavy atom. The number of hydrogen-bond acceptors (Lipinski definition) is 4.